The highest BCUT2D eigenvalue weighted by molar-refractivity contribution is 6.76. The van der Waals surface area contributed by atoms with Crippen LogP contribution in [0, 0.1) is 11.3 Å². The van der Waals surface area contributed by atoms with Crippen LogP contribution in [-0.2, 0) is 19.0 Å². The molecule has 26 heavy (non-hydrogen) atoms. The molecule has 0 N–H and O–H groups in total. The molecule has 146 valence electrons. The minimum atomic E-state index is -1.11. The second kappa shape index (κ2) is 7.61. The lowest BCUT2D eigenvalue weighted by atomic mass is 9.65. The highest BCUT2D eigenvalue weighted by Crippen LogP contribution is 2.49. The molecular weight excluding hydrogens is 344 g/mol. The van der Waals surface area contributed by atoms with Crippen molar-refractivity contribution in [3.05, 3.63) is 23.8 Å². The van der Waals surface area contributed by atoms with Crippen LogP contribution < -0.4 is 0 Å². The minimum Gasteiger partial charge on any atom is -0.456 e. The van der Waals surface area contributed by atoms with E-state index in [9.17, 15) is 4.79 Å². The highest BCUT2D eigenvalue weighted by Gasteiger charge is 2.52. The van der Waals surface area contributed by atoms with Gasteiger partial charge in [-0.05, 0) is 38.1 Å². The van der Waals surface area contributed by atoms with Crippen LogP contribution in [0.25, 0.3) is 0 Å². The monoisotopic (exact) mass is 378 g/mol. The number of fused-ring (bicyclic) bond motifs is 3. The molecule has 2 fully saturated rings. The van der Waals surface area contributed by atoms with Crippen LogP contribution in [0.4, 0.5) is 0 Å². The normalized spacial score (nSPS) is 34.6. The van der Waals surface area contributed by atoms with Crippen molar-refractivity contribution in [2.24, 2.45) is 11.3 Å². The van der Waals surface area contributed by atoms with Crippen LogP contribution in [0.5, 0.6) is 0 Å². The number of hydrogen-bond acceptors (Lipinski definition) is 4. The predicted octanol–water partition coefficient (Wildman–Crippen LogP) is 4.69. The molecule has 3 aliphatic rings. The second-order valence-corrected chi connectivity index (χ2v) is 15.3. The first-order valence-electron chi connectivity index (χ1n) is 9.97. The quantitative estimate of drug-likeness (QED) is 0.168. The molecule has 0 spiro atoms. The molecule has 3 rings (SSSR count). The number of carbonyl (C=O) groups is 1. The summed E-state index contributed by atoms with van der Waals surface area (Å²) >= 11 is 0. The lowest BCUT2D eigenvalue weighted by molar-refractivity contribution is -0.183. The van der Waals surface area contributed by atoms with Crippen molar-refractivity contribution in [3.8, 4) is 0 Å². The summed E-state index contributed by atoms with van der Waals surface area (Å²) in [7, 11) is -1.11. The fourth-order valence-corrected chi connectivity index (χ4v) is 5.31. The Morgan fingerprint density at radius 2 is 2.15 bits per heavy atom. The Morgan fingerprint density at radius 1 is 1.38 bits per heavy atom. The van der Waals surface area contributed by atoms with Gasteiger partial charge in [-0.3, -0.25) is 0 Å². The lowest BCUT2D eigenvalue weighted by Gasteiger charge is -2.45. The van der Waals surface area contributed by atoms with E-state index < -0.39 is 8.07 Å². The fraction of sp³-hybridized carbons (Fsp3) is 0.762. The number of ether oxygens (including phenoxy) is 3. The van der Waals surface area contributed by atoms with Crippen molar-refractivity contribution in [1.29, 1.82) is 0 Å². The molecule has 1 heterocycles. The van der Waals surface area contributed by atoms with Gasteiger partial charge in [0.2, 0.25) is 0 Å². The Morgan fingerprint density at radius 3 is 2.88 bits per heavy atom. The van der Waals surface area contributed by atoms with Crippen molar-refractivity contribution in [1.82, 2.24) is 0 Å². The summed E-state index contributed by atoms with van der Waals surface area (Å²) < 4.78 is 17.8. The third-order valence-electron chi connectivity index (χ3n) is 6.22. The molecule has 4 nitrogen and oxygen atoms in total. The summed E-state index contributed by atoms with van der Waals surface area (Å²) in [5, 5.41) is 0. The van der Waals surface area contributed by atoms with Gasteiger partial charge in [-0.15, -0.1) is 0 Å². The average Bonchev–Trinajstić information content (AvgIpc) is 2.81. The summed E-state index contributed by atoms with van der Waals surface area (Å²) in [4.78, 5) is 12.2. The Kier molecular flexibility index (Phi) is 5.80. The Labute approximate surface area is 159 Å². The lowest BCUT2D eigenvalue weighted by Crippen LogP contribution is -2.48. The maximum Gasteiger partial charge on any atom is 0.334 e. The van der Waals surface area contributed by atoms with Gasteiger partial charge in [-0.2, -0.15) is 0 Å². The predicted molar refractivity (Wildman–Crippen MR) is 106 cm³/mol. The van der Waals surface area contributed by atoms with E-state index in [4.69, 9.17) is 14.2 Å². The molecule has 0 amide bonds. The molecule has 2 aliphatic carbocycles. The van der Waals surface area contributed by atoms with Gasteiger partial charge >= 0.3 is 5.97 Å². The fourth-order valence-electron chi connectivity index (χ4n) is 4.55. The number of carbonyl (C=O) groups excluding carboxylic acids is 1. The Bertz CT molecular complexity index is 591. The molecule has 5 heteroatoms. The van der Waals surface area contributed by atoms with E-state index in [0.29, 0.717) is 5.57 Å². The molecular formula is C21H34O4Si. The second-order valence-electron chi connectivity index (χ2n) is 9.70. The first kappa shape index (κ1) is 19.8. The molecule has 1 saturated carbocycles. The number of hydrogen-bond donors (Lipinski definition) is 0. The summed E-state index contributed by atoms with van der Waals surface area (Å²) in [5.41, 5.74) is 2.10. The third kappa shape index (κ3) is 4.32. The van der Waals surface area contributed by atoms with Gasteiger partial charge in [0, 0.05) is 31.6 Å². The zero-order chi connectivity index (χ0) is 18.9. The molecule has 2 bridgehead atoms. The Balaban J connectivity index is 1.71. The van der Waals surface area contributed by atoms with Crippen LogP contribution in [0.15, 0.2) is 23.8 Å². The largest absolute Gasteiger partial charge is 0.456 e. The first-order valence-corrected chi connectivity index (χ1v) is 13.7. The minimum absolute atomic E-state index is 0.0134. The maximum absolute atomic E-state index is 12.2. The van der Waals surface area contributed by atoms with Gasteiger partial charge in [0.05, 0.1) is 0 Å². The zero-order valence-electron chi connectivity index (χ0n) is 16.8. The average molecular weight is 379 g/mol. The number of rotatable bonds is 6. The maximum atomic E-state index is 12.2. The van der Waals surface area contributed by atoms with Crippen LogP contribution in [0.3, 0.4) is 0 Å². The van der Waals surface area contributed by atoms with Crippen LogP contribution in [0.1, 0.15) is 39.0 Å². The molecule has 0 unspecified atom stereocenters. The van der Waals surface area contributed by atoms with E-state index in [0.717, 1.165) is 44.8 Å². The molecule has 0 aromatic carbocycles. The molecule has 1 aliphatic heterocycles. The van der Waals surface area contributed by atoms with E-state index in [-0.39, 0.29) is 36.3 Å². The molecule has 4 atom stereocenters. The van der Waals surface area contributed by atoms with Gasteiger partial charge in [0.1, 0.15) is 19.0 Å². The smallest absolute Gasteiger partial charge is 0.334 e. The van der Waals surface area contributed by atoms with Crippen molar-refractivity contribution in [2.45, 2.75) is 76.9 Å². The summed E-state index contributed by atoms with van der Waals surface area (Å²) in [5.74, 6) is -0.183. The Hall–Kier alpha value is -0.913. The highest BCUT2D eigenvalue weighted by atomic mass is 28.3. The van der Waals surface area contributed by atoms with Gasteiger partial charge in [-0.1, -0.05) is 44.8 Å². The van der Waals surface area contributed by atoms with Crippen LogP contribution in [0.2, 0.25) is 25.7 Å². The van der Waals surface area contributed by atoms with E-state index in [2.05, 4.69) is 39.2 Å². The van der Waals surface area contributed by atoms with Gasteiger partial charge in [-0.25, -0.2) is 4.79 Å². The summed E-state index contributed by atoms with van der Waals surface area (Å²) in [6, 6.07) is 1.13. The number of esters is 1. The SMILES string of the molecule is C=C1C(=O)O[C@@H]2[C@H]1CCC1=CCC[C@@](C)(C1)[C@H]2OCOCC[Si](C)(C)C. The van der Waals surface area contributed by atoms with Crippen LogP contribution in [-0.4, -0.2) is 39.7 Å². The van der Waals surface area contributed by atoms with Gasteiger partial charge < -0.3 is 14.2 Å². The van der Waals surface area contributed by atoms with E-state index >= 15 is 0 Å². The van der Waals surface area contributed by atoms with Crippen molar-refractivity contribution in [2.75, 3.05) is 13.4 Å². The zero-order valence-corrected chi connectivity index (χ0v) is 17.8. The van der Waals surface area contributed by atoms with E-state index in [1.54, 1.807) is 0 Å². The summed E-state index contributed by atoms with van der Waals surface area (Å²) in [6.07, 6.45) is 7.15. The standard InChI is InChI=1S/C21H34O4Si/c1-15-17-9-8-16-7-6-10-21(2,13-16)19(18(17)25-20(15)22)24-14-23-11-12-26(3,4)5/h7,17-19H,1,6,8-14H2,2-5H3/t17-,18+,19-,21-/m0/s1. The summed E-state index contributed by atoms with van der Waals surface area (Å²) in [6.45, 7) is 14.3. The van der Waals surface area contributed by atoms with E-state index in [1.807, 2.05) is 0 Å². The van der Waals surface area contributed by atoms with Crippen molar-refractivity contribution in [3.63, 3.8) is 0 Å². The number of allylic oxidation sites excluding steroid dienone is 2. The first-order chi connectivity index (χ1) is 12.2. The van der Waals surface area contributed by atoms with Crippen molar-refractivity contribution >= 4 is 14.0 Å². The van der Waals surface area contributed by atoms with Crippen LogP contribution >= 0.6 is 0 Å². The van der Waals surface area contributed by atoms with E-state index in [1.165, 1.54) is 5.57 Å². The topological polar surface area (TPSA) is 44.8 Å². The molecule has 0 aromatic heterocycles. The molecule has 0 aromatic rings. The van der Waals surface area contributed by atoms with Crippen molar-refractivity contribution < 1.29 is 19.0 Å². The molecule has 0 radical (unpaired) electrons. The molecule has 1 saturated heterocycles. The van der Waals surface area contributed by atoms with Gasteiger partial charge in [0.15, 0.2) is 0 Å². The third-order valence-corrected chi connectivity index (χ3v) is 7.92. The van der Waals surface area contributed by atoms with Gasteiger partial charge in [0.25, 0.3) is 0 Å².